The minimum atomic E-state index is -6.04. The Morgan fingerprint density at radius 3 is 1.20 bits per heavy atom. The largest absolute Gasteiger partial charge is 0.378 e. The minimum Gasteiger partial charge on any atom is -0.233 e. The second-order valence-corrected chi connectivity index (χ2v) is 6.31. The summed E-state index contributed by atoms with van der Waals surface area (Å²) in [5, 5.41) is 0. The van der Waals surface area contributed by atoms with Gasteiger partial charge in [0.25, 0.3) is 0 Å². The summed E-state index contributed by atoms with van der Waals surface area (Å²) in [5.41, 5.74) is -9.05. The van der Waals surface area contributed by atoms with Crippen molar-refractivity contribution in [3.8, 4) is 0 Å². The van der Waals surface area contributed by atoms with Crippen LogP contribution >= 0.6 is 0 Å². The first-order valence-electron chi connectivity index (χ1n) is 6.31. The van der Waals surface area contributed by atoms with Gasteiger partial charge in [0.1, 0.15) is 0 Å². The Morgan fingerprint density at radius 2 is 0.900 bits per heavy atom. The van der Waals surface area contributed by atoms with Crippen LogP contribution in [-0.4, -0.2) is 29.1 Å². The van der Waals surface area contributed by atoms with E-state index in [-0.39, 0.29) is 0 Å². The summed E-state index contributed by atoms with van der Waals surface area (Å²) in [5.74, 6) is -22.9. The van der Waals surface area contributed by atoms with Gasteiger partial charge in [-0.1, -0.05) is 13.8 Å². The quantitative estimate of drug-likeness (QED) is 0.587. The van der Waals surface area contributed by atoms with E-state index in [0.717, 1.165) is 0 Å². The van der Waals surface area contributed by atoms with E-state index >= 15 is 0 Å². The number of hydrogen-bond donors (Lipinski definition) is 0. The first-order valence-corrected chi connectivity index (χ1v) is 6.31. The highest BCUT2D eigenvalue weighted by atomic mass is 19.4. The highest BCUT2D eigenvalue weighted by Gasteiger charge is 3.04. The van der Waals surface area contributed by atoms with Crippen LogP contribution in [0.15, 0.2) is 0 Å². The summed E-state index contributed by atoms with van der Waals surface area (Å²) in [6.07, 6.45) is -0.559. The molecular formula is C12H12F8. The lowest BCUT2D eigenvalue weighted by Gasteiger charge is -2.44. The van der Waals surface area contributed by atoms with E-state index in [1.54, 1.807) is 0 Å². The van der Waals surface area contributed by atoms with Gasteiger partial charge in [-0.3, -0.25) is 0 Å². The molecule has 0 radical (unpaired) electrons. The van der Waals surface area contributed by atoms with Crippen LogP contribution in [0, 0.1) is 23.7 Å². The van der Waals surface area contributed by atoms with Gasteiger partial charge in [0.05, 0.1) is 0 Å². The molecule has 2 bridgehead atoms. The fourth-order valence-corrected chi connectivity index (χ4v) is 4.60. The van der Waals surface area contributed by atoms with E-state index < -0.39 is 59.2 Å². The van der Waals surface area contributed by atoms with Crippen LogP contribution in [-0.2, 0) is 0 Å². The molecule has 0 spiro atoms. The van der Waals surface area contributed by atoms with Crippen molar-refractivity contribution in [2.24, 2.45) is 23.7 Å². The number of rotatable bonds is 0. The van der Waals surface area contributed by atoms with Gasteiger partial charge in [0, 0.05) is 11.8 Å². The van der Waals surface area contributed by atoms with Gasteiger partial charge >= 0.3 is 17.8 Å². The van der Waals surface area contributed by atoms with Crippen LogP contribution in [0.25, 0.3) is 0 Å². The lowest BCUT2D eigenvalue weighted by atomic mass is 9.66. The van der Waals surface area contributed by atoms with Crippen molar-refractivity contribution in [1.82, 2.24) is 0 Å². The topological polar surface area (TPSA) is 0 Å². The molecule has 0 nitrogen and oxygen atoms in total. The number of alkyl halides is 8. The first-order chi connectivity index (χ1) is 8.80. The molecule has 3 rings (SSSR count). The van der Waals surface area contributed by atoms with Crippen molar-refractivity contribution >= 4 is 0 Å². The zero-order valence-electron chi connectivity index (χ0n) is 10.5. The third-order valence-corrected chi connectivity index (χ3v) is 5.86. The molecule has 3 aliphatic carbocycles. The smallest absolute Gasteiger partial charge is 0.233 e. The Hall–Kier alpha value is -0.560. The predicted octanol–water partition coefficient (Wildman–Crippen LogP) is 4.24. The number of hydrogen-bond acceptors (Lipinski definition) is 0. The normalized spacial score (nSPS) is 57.9. The van der Waals surface area contributed by atoms with Gasteiger partial charge in [-0.15, -0.1) is 0 Å². The van der Waals surface area contributed by atoms with Crippen LogP contribution in [0.2, 0.25) is 0 Å². The third-order valence-electron chi connectivity index (χ3n) is 5.86. The summed E-state index contributed by atoms with van der Waals surface area (Å²) in [6.45, 7) is 2.61. The van der Waals surface area contributed by atoms with Crippen LogP contribution in [0.1, 0.15) is 20.3 Å². The lowest BCUT2D eigenvalue weighted by molar-refractivity contribution is -0.298. The molecule has 0 aliphatic heterocycles. The standard InChI is InChI=1S/C12H12F8/c1-4-5(2)7-3-6(4)8(13)9(7,14)11(17,18)12(19,20)10(8,15)16/h4-7H,3H2,1-2H3. The van der Waals surface area contributed by atoms with Crippen molar-refractivity contribution in [3.05, 3.63) is 0 Å². The first kappa shape index (κ1) is 14.4. The zero-order valence-corrected chi connectivity index (χ0v) is 10.5. The molecule has 0 N–H and O–H groups in total. The molecule has 0 aromatic rings. The predicted molar refractivity (Wildman–Crippen MR) is 52.4 cm³/mol. The molecular weight excluding hydrogens is 296 g/mol. The Balaban J connectivity index is 2.32. The average Bonchev–Trinajstić information content (AvgIpc) is 2.77. The van der Waals surface area contributed by atoms with E-state index in [4.69, 9.17) is 0 Å². The SMILES string of the molecule is CC1C(C)C2CC1C1(F)C(F)(F)C(F)(F)C(F)(F)C21F. The molecule has 8 heteroatoms. The molecule has 3 aliphatic rings. The number of fused-ring (bicyclic) bond motifs is 5. The van der Waals surface area contributed by atoms with E-state index in [9.17, 15) is 35.1 Å². The van der Waals surface area contributed by atoms with Crippen LogP contribution in [0.4, 0.5) is 35.1 Å². The second kappa shape index (κ2) is 3.11. The van der Waals surface area contributed by atoms with E-state index in [0.29, 0.717) is 0 Å². The summed E-state index contributed by atoms with van der Waals surface area (Å²) < 4.78 is 111. The Morgan fingerprint density at radius 1 is 0.600 bits per heavy atom. The fourth-order valence-electron chi connectivity index (χ4n) is 4.60. The molecule has 0 amide bonds. The van der Waals surface area contributed by atoms with E-state index in [2.05, 4.69) is 0 Å². The van der Waals surface area contributed by atoms with Gasteiger partial charge in [0.15, 0.2) is 0 Å². The van der Waals surface area contributed by atoms with Crippen LogP contribution < -0.4 is 0 Å². The summed E-state index contributed by atoms with van der Waals surface area (Å²) in [7, 11) is 0. The molecule has 0 aromatic heterocycles. The summed E-state index contributed by atoms with van der Waals surface area (Å²) in [6, 6.07) is 0. The van der Waals surface area contributed by atoms with Crippen LogP contribution in [0.3, 0.4) is 0 Å². The highest BCUT2D eigenvalue weighted by Crippen LogP contribution is 2.80. The molecule has 20 heavy (non-hydrogen) atoms. The molecule has 6 atom stereocenters. The maximum absolute atomic E-state index is 14.7. The Labute approximate surface area is 109 Å². The molecule has 0 heterocycles. The van der Waals surface area contributed by atoms with Crippen molar-refractivity contribution in [2.75, 3.05) is 0 Å². The van der Waals surface area contributed by atoms with Gasteiger partial charge in [-0.2, -0.15) is 26.3 Å². The van der Waals surface area contributed by atoms with Crippen molar-refractivity contribution in [3.63, 3.8) is 0 Å². The third kappa shape index (κ3) is 0.898. The van der Waals surface area contributed by atoms with Gasteiger partial charge in [-0.25, -0.2) is 8.78 Å². The van der Waals surface area contributed by atoms with Gasteiger partial charge in [0.2, 0.25) is 11.3 Å². The second-order valence-electron chi connectivity index (χ2n) is 6.31. The summed E-state index contributed by atoms with van der Waals surface area (Å²) in [4.78, 5) is 0. The molecule has 116 valence electrons. The van der Waals surface area contributed by atoms with Crippen molar-refractivity contribution < 1.29 is 35.1 Å². The average molecular weight is 308 g/mol. The highest BCUT2D eigenvalue weighted by molar-refractivity contribution is 5.39. The fraction of sp³-hybridized carbons (Fsp3) is 1.00. The van der Waals surface area contributed by atoms with Crippen molar-refractivity contribution in [2.45, 2.75) is 49.4 Å². The lowest BCUT2D eigenvalue weighted by Crippen LogP contribution is -2.63. The molecule has 3 fully saturated rings. The van der Waals surface area contributed by atoms with Crippen LogP contribution in [0.5, 0.6) is 0 Å². The minimum absolute atomic E-state index is 0.559. The molecule has 3 saturated carbocycles. The van der Waals surface area contributed by atoms with E-state index in [1.807, 2.05) is 0 Å². The van der Waals surface area contributed by atoms with Crippen molar-refractivity contribution in [1.29, 1.82) is 0 Å². The Bertz CT molecular complexity index is 434. The molecule has 0 aromatic carbocycles. The Kier molecular flexibility index (Phi) is 2.24. The summed E-state index contributed by atoms with van der Waals surface area (Å²) >= 11 is 0. The monoisotopic (exact) mass is 308 g/mol. The molecule has 0 saturated heterocycles. The molecule has 6 unspecified atom stereocenters. The van der Waals surface area contributed by atoms with Gasteiger partial charge in [-0.05, 0) is 18.3 Å². The zero-order chi connectivity index (χ0) is 15.5. The maximum Gasteiger partial charge on any atom is 0.378 e. The number of halogens is 8. The maximum atomic E-state index is 14.7. The van der Waals surface area contributed by atoms with E-state index in [1.165, 1.54) is 13.8 Å². The van der Waals surface area contributed by atoms with Gasteiger partial charge < -0.3 is 0 Å².